The molecule has 0 radical (unpaired) electrons. The van der Waals surface area contributed by atoms with Crippen LogP contribution in [0.15, 0.2) is 18.5 Å². The van der Waals surface area contributed by atoms with Crippen molar-refractivity contribution >= 4 is 0 Å². The van der Waals surface area contributed by atoms with E-state index in [4.69, 9.17) is 4.74 Å². The van der Waals surface area contributed by atoms with Crippen molar-refractivity contribution in [3.05, 3.63) is 29.8 Å². The zero-order valence-corrected chi connectivity index (χ0v) is 10.5. The van der Waals surface area contributed by atoms with E-state index in [9.17, 15) is 9.50 Å². The predicted octanol–water partition coefficient (Wildman–Crippen LogP) is 1.41. The maximum atomic E-state index is 13.0. The molecule has 0 aliphatic carbocycles. The minimum atomic E-state index is -0.715. The highest BCUT2D eigenvalue weighted by Gasteiger charge is 2.29. The molecule has 0 saturated carbocycles. The van der Waals surface area contributed by atoms with Gasteiger partial charge in [-0.25, -0.2) is 4.39 Å². The maximum Gasteiger partial charge on any atom is 0.141 e. The van der Waals surface area contributed by atoms with E-state index in [0.29, 0.717) is 32.6 Å². The average Bonchev–Trinajstić information content (AvgIpc) is 2.37. The Morgan fingerprint density at radius 3 is 2.89 bits per heavy atom. The Labute approximate surface area is 106 Å². The van der Waals surface area contributed by atoms with Crippen molar-refractivity contribution in [1.29, 1.82) is 0 Å². The zero-order chi connectivity index (χ0) is 13.0. The minimum Gasteiger partial charge on any atom is -0.388 e. The van der Waals surface area contributed by atoms with Crippen molar-refractivity contribution in [1.82, 2.24) is 10.3 Å². The first-order chi connectivity index (χ1) is 8.59. The highest BCUT2D eigenvalue weighted by Crippen LogP contribution is 2.21. The van der Waals surface area contributed by atoms with Gasteiger partial charge in [-0.3, -0.25) is 4.98 Å². The molecule has 0 amide bonds. The Morgan fingerprint density at radius 1 is 1.50 bits per heavy atom. The number of aliphatic hydroxyl groups is 1. The van der Waals surface area contributed by atoms with Crippen LogP contribution in [0.4, 0.5) is 4.39 Å². The summed E-state index contributed by atoms with van der Waals surface area (Å²) in [4.78, 5) is 3.82. The van der Waals surface area contributed by atoms with Crippen LogP contribution in [0.1, 0.15) is 31.4 Å². The summed E-state index contributed by atoms with van der Waals surface area (Å²) in [5, 5.41) is 13.5. The zero-order valence-electron chi connectivity index (χ0n) is 10.5. The van der Waals surface area contributed by atoms with Gasteiger partial charge in [0.05, 0.1) is 11.8 Å². The van der Waals surface area contributed by atoms with Crippen molar-refractivity contribution in [2.45, 2.75) is 31.4 Å². The number of hydrogen-bond donors (Lipinski definition) is 2. The second-order valence-electron chi connectivity index (χ2n) is 4.88. The molecule has 1 fully saturated rings. The van der Waals surface area contributed by atoms with E-state index < -0.39 is 5.60 Å². The van der Waals surface area contributed by atoms with E-state index in [0.717, 1.165) is 5.56 Å². The van der Waals surface area contributed by atoms with E-state index >= 15 is 0 Å². The molecule has 1 aliphatic rings. The van der Waals surface area contributed by atoms with Crippen LogP contribution in [-0.4, -0.2) is 35.5 Å². The van der Waals surface area contributed by atoms with Crippen molar-refractivity contribution in [3.63, 3.8) is 0 Å². The van der Waals surface area contributed by atoms with E-state index in [1.807, 2.05) is 6.92 Å². The molecular weight excluding hydrogens is 235 g/mol. The molecule has 1 saturated heterocycles. The maximum absolute atomic E-state index is 13.0. The molecule has 18 heavy (non-hydrogen) atoms. The third-order valence-electron chi connectivity index (χ3n) is 3.39. The summed E-state index contributed by atoms with van der Waals surface area (Å²) in [5.74, 6) is -0.342. The molecular formula is C13H19FN2O2. The van der Waals surface area contributed by atoms with E-state index in [1.165, 1.54) is 12.3 Å². The lowest BCUT2D eigenvalue weighted by molar-refractivity contribution is -0.0626. The molecule has 2 rings (SSSR count). The monoisotopic (exact) mass is 254 g/mol. The van der Waals surface area contributed by atoms with Crippen LogP contribution in [0, 0.1) is 5.82 Å². The van der Waals surface area contributed by atoms with Crippen LogP contribution in [-0.2, 0) is 4.74 Å². The molecule has 2 N–H and O–H groups in total. The largest absolute Gasteiger partial charge is 0.388 e. The van der Waals surface area contributed by atoms with Gasteiger partial charge < -0.3 is 15.2 Å². The van der Waals surface area contributed by atoms with Crippen LogP contribution in [0.5, 0.6) is 0 Å². The highest BCUT2D eigenvalue weighted by molar-refractivity contribution is 5.14. The van der Waals surface area contributed by atoms with Gasteiger partial charge in [-0.15, -0.1) is 0 Å². The number of rotatable bonds is 4. The summed E-state index contributed by atoms with van der Waals surface area (Å²) in [6.45, 7) is 3.59. The van der Waals surface area contributed by atoms with Gasteiger partial charge in [0, 0.05) is 44.8 Å². The summed E-state index contributed by atoms with van der Waals surface area (Å²) in [6, 6.07) is 1.42. The first-order valence-corrected chi connectivity index (χ1v) is 6.23. The standard InChI is InChI=1S/C13H19FN2O2/c1-10(11-6-12(14)8-15-7-11)16-9-13(17)2-4-18-5-3-13/h6-8,10,16-17H,2-5,9H2,1H3. The van der Waals surface area contributed by atoms with Crippen LogP contribution in [0.25, 0.3) is 0 Å². The second kappa shape index (κ2) is 5.73. The van der Waals surface area contributed by atoms with Gasteiger partial charge in [0.1, 0.15) is 5.82 Å². The summed E-state index contributed by atoms with van der Waals surface area (Å²) in [5.41, 5.74) is 0.0680. The van der Waals surface area contributed by atoms with Crippen LogP contribution in [0.2, 0.25) is 0 Å². The molecule has 1 aliphatic heterocycles. The fraction of sp³-hybridized carbons (Fsp3) is 0.615. The summed E-state index contributed by atoms with van der Waals surface area (Å²) < 4.78 is 18.3. The highest BCUT2D eigenvalue weighted by atomic mass is 19.1. The smallest absolute Gasteiger partial charge is 0.141 e. The lowest BCUT2D eigenvalue weighted by atomic mass is 9.94. The summed E-state index contributed by atoms with van der Waals surface area (Å²) in [7, 11) is 0. The number of nitrogens with one attached hydrogen (secondary N) is 1. The van der Waals surface area contributed by atoms with E-state index in [2.05, 4.69) is 10.3 Å². The number of nitrogens with zero attached hydrogens (tertiary/aromatic N) is 1. The van der Waals surface area contributed by atoms with Crippen molar-refractivity contribution in [2.75, 3.05) is 19.8 Å². The van der Waals surface area contributed by atoms with E-state index in [1.54, 1.807) is 6.20 Å². The van der Waals surface area contributed by atoms with E-state index in [-0.39, 0.29) is 11.9 Å². The fourth-order valence-electron chi connectivity index (χ4n) is 2.05. The lowest BCUT2D eigenvalue weighted by Gasteiger charge is -2.33. The average molecular weight is 254 g/mol. The normalized spacial score (nSPS) is 20.6. The summed E-state index contributed by atoms with van der Waals surface area (Å²) >= 11 is 0. The Morgan fingerprint density at radius 2 is 2.22 bits per heavy atom. The molecule has 0 bridgehead atoms. The Kier molecular flexibility index (Phi) is 4.27. The van der Waals surface area contributed by atoms with Crippen LogP contribution >= 0.6 is 0 Å². The van der Waals surface area contributed by atoms with Gasteiger partial charge in [0.15, 0.2) is 0 Å². The number of pyridine rings is 1. The van der Waals surface area contributed by atoms with Crippen molar-refractivity contribution in [2.24, 2.45) is 0 Å². The minimum absolute atomic E-state index is 0.0416. The first-order valence-electron chi connectivity index (χ1n) is 6.23. The van der Waals surface area contributed by atoms with Crippen molar-refractivity contribution < 1.29 is 14.2 Å². The third kappa shape index (κ3) is 3.48. The fourth-order valence-corrected chi connectivity index (χ4v) is 2.05. The van der Waals surface area contributed by atoms with Gasteiger partial charge in [0.25, 0.3) is 0 Å². The molecule has 0 spiro atoms. The topological polar surface area (TPSA) is 54.4 Å². The Bertz CT molecular complexity index is 394. The number of halogens is 1. The molecule has 5 heteroatoms. The van der Waals surface area contributed by atoms with Gasteiger partial charge in [-0.05, 0) is 18.6 Å². The summed E-state index contributed by atoms with van der Waals surface area (Å²) in [6.07, 6.45) is 4.08. The molecule has 1 aromatic rings. The van der Waals surface area contributed by atoms with Gasteiger partial charge in [-0.2, -0.15) is 0 Å². The van der Waals surface area contributed by atoms with Crippen LogP contribution in [0.3, 0.4) is 0 Å². The van der Waals surface area contributed by atoms with Crippen molar-refractivity contribution in [3.8, 4) is 0 Å². The second-order valence-corrected chi connectivity index (χ2v) is 4.88. The van der Waals surface area contributed by atoms with Gasteiger partial charge in [0.2, 0.25) is 0 Å². The molecule has 100 valence electrons. The first kappa shape index (κ1) is 13.4. The number of ether oxygens (including phenoxy) is 1. The predicted molar refractivity (Wildman–Crippen MR) is 65.6 cm³/mol. The molecule has 1 unspecified atom stereocenters. The SMILES string of the molecule is CC(NCC1(O)CCOCC1)c1cncc(F)c1. The van der Waals surface area contributed by atoms with Gasteiger partial charge >= 0.3 is 0 Å². The molecule has 4 nitrogen and oxygen atoms in total. The van der Waals surface area contributed by atoms with Gasteiger partial charge in [-0.1, -0.05) is 0 Å². The Hall–Kier alpha value is -1.04. The van der Waals surface area contributed by atoms with Crippen LogP contribution < -0.4 is 5.32 Å². The quantitative estimate of drug-likeness (QED) is 0.853. The number of aromatic nitrogens is 1. The third-order valence-corrected chi connectivity index (χ3v) is 3.39. The number of hydrogen-bond acceptors (Lipinski definition) is 4. The Balaban J connectivity index is 1.89. The molecule has 1 aromatic heterocycles. The molecule has 1 atom stereocenters. The molecule has 2 heterocycles. The lowest BCUT2D eigenvalue weighted by Crippen LogP contribution is -2.45. The molecule has 0 aromatic carbocycles.